The lowest BCUT2D eigenvalue weighted by Crippen LogP contribution is -2.36. The van der Waals surface area contributed by atoms with Gasteiger partial charge < -0.3 is 4.74 Å². The fraction of sp³-hybridized carbons (Fsp3) is 0.148. The molecule has 0 bridgehead atoms. The van der Waals surface area contributed by atoms with E-state index in [1.165, 1.54) is 12.7 Å². The SMILES string of the molecule is C=C1C(c2ccccc2)=C(c2ccccc2)C12CC2(C(=O)OC)c1ccccc1. The summed E-state index contributed by atoms with van der Waals surface area (Å²) >= 11 is 0. The van der Waals surface area contributed by atoms with Crippen LogP contribution in [0, 0.1) is 5.41 Å². The summed E-state index contributed by atoms with van der Waals surface area (Å²) in [6, 6.07) is 30.7. The lowest BCUT2D eigenvalue weighted by Gasteiger charge is -2.41. The van der Waals surface area contributed by atoms with Gasteiger partial charge in [0, 0.05) is 5.41 Å². The van der Waals surface area contributed by atoms with Crippen LogP contribution in [0.25, 0.3) is 11.1 Å². The number of esters is 1. The van der Waals surface area contributed by atoms with Gasteiger partial charge in [-0.2, -0.15) is 0 Å². The van der Waals surface area contributed by atoms with Gasteiger partial charge in [-0.1, -0.05) is 97.6 Å². The van der Waals surface area contributed by atoms with Crippen molar-refractivity contribution in [1.82, 2.24) is 0 Å². The Kier molecular flexibility index (Phi) is 3.85. The van der Waals surface area contributed by atoms with E-state index in [-0.39, 0.29) is 5.97 Å². The third-order valence-electron chi connectivity index (χ3n) is 6.55. The minimum absolute atomic E-state index is 0.189. The van der Waals surface area contributed by atoms with Crippen molar-refractivity contribution in [3.05, 3.63) is 120 Å². The van der Waals surface area contributed by atoms with E-state index in [1.807, 2.05) is 66.7 Å². The molecule has 5 rings (SSSR count). The van der Waals surface area contributed by atoms with Crippen LogP contribution in [-0.4, -0.2) is 13.1 Å². The van der Waals surface area contributed by atoms with Crippen LogP contribution in [0.5, 0.6) is 0 Å². The fourth-order valence-electron chi connectivity index (χ4n) is 5.21. The van der Waals surface area contributed by atoms with Crippen molar-refractivity contribution >= 4 is 17.1 Å². The fourth-order valence-corrected chi connectivity index (χ4v) is 5.21. The number of rotatable bonds is 4. The van der Waals surface area contributed by atoms with Crippen LogP contribution in [-0.2, 0) is 14.9 Å². The molecule has 2 nitrogen and oxygen atoms in total. The highest BCUT2D eigenvalue weighted by Gasteiger charge is 2.80. The molecule has 0 aromatic heterocycles. The summed E-state index contributed by atoms with van der Waals surface area (Å²) in [5.41, 5.74) is 5.51. The number of allylic oxidation sites excluding steroid dienone is 3. The number of hydrogen-bond acceptors (Lipinski definition) is 2. The Morgan fingerprint density at radius 2 is 1.34 bits per heavy atom. The minimum Gasteiger partial charge on any atom is -0.468 e. The van der Waals surface area contributed by atoms with Crippen LogP contribution >= 0.6 is 0 Å². The van der Waals surface area contributed by atoms with Gasteiger partial charge in [-0.05, 0) is 39.8 Å². The number of benzene rings is 3. The Morgan fingerprint density at radius 3 is 1.90 bits per heavy atom. The number of carbonyl (C=O) groups excluding carboxylic acids is 1. The first-order valence-electron chi connectivity index (χ1n) is 9.86. The summed E-state index contributed by atoms with van der Waals surface area (Å²) < 4.78 is 5.33. The van der Waals surface area contributed by atoms with Crippen LogP contribution < -0.4 is 0 Å². The predicted octanol–water partition coefficient (Wildman–Crippen LogP) is 5.67. The maximum atomic E-state index is 13.2. The van der Waals surface area contributed by atoms with Gasteiger partial charge in [-0.25, -0.2) is 0 Å². The zero-order chi connectivity index (χ0) is 20.1. The summed E-state index contributed by atoms with van der Waals surface area (Å²) in [6.07, 6.45) is 0.691. The monoisotopic (exact) mass is 378 g/mol. The van der Waals surface area contributed by atoms with Crippen LogP contribution in [0.1, 0.15) is 23.1 Å². The third kappa shape index (κ3) is 2.20. The van der Waals surface area contributed by atoms with Gasteiger partial charge in [0.25, 0.3) is 0 Å². The van der Waals surface area contributed by atoms with Gasteiger partial charge in [-0.15, -0.1) is 0 Å². The molecule has 0 amide bonds. The Hall–Kier alpha value is -3.39. The topological polar surface area (TPSA) is 26.3 Å². The van der Waals surface area contributed by atoms with Crippen molar-refractivity contribution in [3.63, 3.8) is 0 Å². The molecule has 142 valence electrons. The average molecular weight is 378 g/mol. The van der Waals surface area contributed by atoms with Crippen molar-refractivity contribution in [2.45, 2.75) is 11.8 Å². The van der Waals surface area contributed by atoms with Crippen molar-refractivity contribution < 1.29 is 9.53 Å². The largest absolute Gasteiger partial charge is 0.468 e. The van der Waals surface area contributed by atoms with E-state index in [0.717, 1.165) is 27.8 Å². The van der Waals surface area contributed by atoms with E-state index in [9.17, 15) is 4.79 Å². The second-order valence-corrected chi connectivity index (χ2v) is 7.81. The minimum atomic E-state index is -0.719. The zero-order valence-electron chi connectivity index (χ0n) is 16.4. The summed E-state index contributed by atoms with van der Waals surface area (Å²) in [6.45, 7) is 4.48. The molecule has 1 spiro atoms. The Balaban J connectivity index is 1.76. The first-order valence-corrected chi connectivity index (χ1v) is 9.86. The Labute approximate surface area is 171 Å². The molecular weight excluding hydrogens is 356 g/mol. The van der Waals surface area contributed by atoms with E-state index in [0.29, 0.717) is 6.42 Å². The number of methoxy groups -OCH3 is 1. The lowest BCUT2D eigenvalue weighted by atomic mass is 9.61. The highest BCUT2D eigenvalue weighted by atomic mass is 16.5. The van der Waals surface area contributed by atoms with Gasteiger partial charge in [0.15, 0.2) is 0 Å². The molecule has 0 N–H and O–H groups in total. The first kappa shape index (κ1) is 17.7. The van der Waals surface area contributed by atoms with Gasteiger partial charge in [0.05, 0.1) is 7.11 Å². The molecule has 2 aliphatic carbocycles. The Bertz CT molecular complexity index is 1130. The van der Waals surface area contributed by atoms with Crippen LogP contribution in [0.15, 0.2) is 103 Å². The molecule has 2 unspecified atom stereocenters. The third-order valence-corrected chi connectivity index (χ3v) is 6.55. The zero-order valence-corrected chi connectivity index (χ0v) is 16.4. The highest BCUT2D eigenvalue weighted by Crippen LogP contribution is 2.82. The number of hydrogen-bond donors (Lipinski definition) is 0. The molecule has 2 aliphatic rings. The molecular formula is C27H22O2. The van der Waals surface area contributed by atoms with Crippen LogP contribution in [0.4, 0.5) is 0 Å². The standard InChI is InChI=1S/C27H22O2/c1-19-23(20-12-6-3-7-13-20)24(21-14-8-4-9-15-21)26(19)18-27(26,25(28)29-2)22-16-10-5-11-17-22/h3-17H,1,18H2,2H3. The number of ether oxygens (including phenoxy) is 1. The van der Waals surface area contributed by atoms with E-state index >= 15 is 0 Å². The molecule has 0 saturated heterocycles. The molecule has 0 aliphatic heterocycles. The molecule has 1 fully saturated rings. The van der Waals surface area contributed by atoms with E-state index in [1.54, 1.807) is 0 Å². The smallest absolute Gasteiger partial charge is 0.317 e. The van der Waals surface area contributed by atoms with E-state index in [2.05, 4.69) is 30.8 Å². The molecule has 3 aromatic carbocycles. The van der Waals surface area contributed by atoms with Crippen molar-refractivity contribution in [2.75, 3.05) is 7.11 Å². The summed E-state index contributed by atoms with van der Waals surface area (Å²) in [7, 11) is 1.48. The average Bonchev–Trinajstić information content (AvgIpc) is 3.52. The lowest BCUT2D eigenvalue weighted by molar-refractivity contribution is -0.144. The second-order valence-electron chi connectivity index (χ2n) is 7.81. The van der Waals surface area contributed by atoms with Crippen LogP contribution in [0.3, 0.4) is 0 Å². The van der Waals surface area contributed by atoms with Crippen molar-refractivity contribution in [2.24, 2.45) is 5.41 Å². The van der Waals surface area contributed by atoms with Crippen LogP contribution in [0.2, 0.25) is 0 Å². The van der Waals surface area contributed by atoms with Gasteiger partial charge in [0.1, 0.15) is 5.41 Å². The second kappa shape index (κ2) is 6.31. The van der Waals surface area contributed by atoms with Crippen molar-refractivity contribution in [1.29, 1.82) is 0 Å². The highest BCUT2D eigenvalue weighted by molar-refractivity contribution is 6.17. The van der Waals surface area contributed by atoms with E-state index < -0.39 is 10.8 Å². The van der Waals surface area contributed by atoms with E-state index in [4.69, 9.17) is 4.74 Å². The van der Waals surface area contributed by atoms with Gasteiger partial charge >= 0.3 is 5.97 Å². The molecule has 3 aromatic rings. The molecule has 0 heterocycles. The quantitative estimate of drug-likeness (QED) is 0.547. The maximum absolute atomic E-state index is 13.2. The van der Waals surface area contributed by atoms with Gasteiger partial charge in [-0.3, -0.25) is 4.79 Å². The molecule has 2 heteroatoms. The first-order chi connectivity index (χ1) is 14.2. The summed E-state index contributed by atoms with van der Waals surface area (Å²) in [5.74, 6) is -0.189. The Morgan fingerprint density at radius 1 is 0.828 bits per heavy atom. The molecule has 2 atom stereocenters. The predicted molar refractivity (Wildman–Crippen MR) is 116 cm³/mol. The number of carbonyl (C=O) groups is 1. The van der Waals surface area contributed by atoms with Crippen molar-refractivity contribution in [3.8, 4) is 0 Å². The molecule has 29 heavy (non-hydrogen) atoms. The normalized spacial score (nSPS) is 24.9. The summed E-state index contributed by atoms with van der Waals surface area (Å²) in [5, 5.41) is 0. The molecule has 0 radical (unpaired) electrons. The molecule has 1 saturated carbocycles. The maximum Gasteiger partial charge on any atom is 0.317 e. The summed E-state index contributed by atoms with van der Waals surface area (Å²) in [4.78, 5) is 13.2. The van der Waals surface area contributed by atoms with Gasteiger partial charge in [0.2, 0.25) is 0 Å².